The van der Waals surface area contributed by atoms with Crippen LogP contribution in [0.5, 0.6) is 0 Å². The van der Waals surface area contributed by atoms with Gasteiger partial charge in [-0.1, -0.05) is 18.1 Å². The minimum atomic E-state index is 0.284. The van der Waals surface area contributed by atoms with Crippen molar-refractivity contribution < 1.29 is 9.32 Å². The zero-order chi connectivity index (χ0) is 15.8. The highest BCUT2D eigenvalue weighted by Gasteiger charge is 2.41. The first kappa shape index (κ1) is 14.8. The first-order valence-electron chi connectivity index (χ1n) is 8.08. The van der Waals surface area contributed by atoms with Crippen molar-refractivity contribution in [3.05, 3.63) is 23.3 Å². The molecule has 2 aliphatic rings. The molecule has 0 spiro atoms. The lowest BCUT2D eigenvalue weighted by Crippen LogP contribution is -2.49. The summed E-state index contributed by atoms with van der Waals surface area (Å²) in [5.41, 5.74) is 0. The summed E-state index contributed by atoms with van der Waals surface area (Å²) in [5.74, 6) is 2.51. The second kappa shape index (κ2) is 6.05. The number of aromatic nitrogens is 2. The van der Waals surface area contributed by atoms with Crippen molar-refractivity contribution in [1.82, 2.24) is 19.9 Å². The van der Waals surface area contributed by atoms with Crippen molar-refractivity contribution in [3.63, 3.8) is 0 Å². The predicted octanol–water partition coefficient (Wildman–Crippen LogP) is 2.10. The standard InChI is InChI=1S/C16H20N4O2S/c1-11-9-12(11)16(21)20-6-4-19(5-7-20)10-14-17-15(22-18-14)13-3-2-8-23-13/h2-3,8,11-12H,4-7,9-10H2,1H3/t11-,12+/m0/s1. The average Bonchev–Trinajstić information content (AvgIpc) is 3.00. The molecule has 122 valence electrons. The monoisotopic (exact) mass is 332 g/mol. The fourth-order valence-corrected chi connectivity index (χ4v) is 3.69. The maximum atomic E-state index is 12.2. The van der Waals surface area contributed by atoms with Gasteiger partial charge in [0.1, 0.15) is 0 Å². The highest BCUT2D eigenvalue weighted by molar-refractivity contribution is 7.13. The molecule has 7 heteroatoms. The smallest absolute Gasteiger partial charge is 0.268 e. The Bertz CT molecular complexity index is 676. The third-order valence-electron chi connectivity index (χ3n) is 4.68. The molecule has 0 radical (unpaired) electrons. The molecule has 0 aromatic carbocycles. The minimum absolute atomic E-state index is 0.284. The van der Waals surface area contributed by atoms with Gasteiger partial charge in [-0.05, 0) is 23.8 Å². The molecular weight excluding hydrogens is 312 g/mol. The fourth-order valence-electron chi connectivity index (χ4n) is 3.05. The normalized spacial score (nSPS) is 24.8. The Hall–Kier alpha value is -1.73. The van der Waals surface area contributed by atoms with Crippen LogP contribution in [0, 0.1) is 11.8 Å². The summed E-state index contributed by atoms with van der Waals surface area (Å²) in [6, 6.07) is 3.95. The molecule has 1 saturated carbocycles. The van der Waals surface area contributed by atoms with E-state index in [1.165, 1.54) is 0 Å². The van der Waals surface area contributed by atoms with Crippen LogP contribution in [0.15, 0.2) is 22.0 Å². The van der Waals surface area contributed by atoms with Crippen LogP contribution in [0.3, 0.4) is 0 Å². The number of thiophene rings is 1. The van der Waals surface area contributed by atoms with Crippen molar-refractivity contribution in [2.75, 3.05) is 26.2 Å². The van der Waals surface area contributed by atoms with E-state index in [1.807, 2.05) is 22.4 Å². The molecule has 3 heterocycles. The highest BCUT2D eigenvalue weighted by atomic mass is 32.1. The molecule has 2 aromatic rings. The summed E-state index contributed by atoms with van der Waals surface area (Å²) >= 11 is 1.59. The Balaban J connectivity index is 1.30. The van der Waals surface area contributed by atoms with E-state index in [0.717, 1.165) is 37.5 Å². The SMILES string of the molecule is C[C@H]1C[C@H]1C(=O)N1CCN(Cc2noc(-c3cccs3)n2)CC1. The number of piperazine rings is 1. The third-order valence-corrected chi connectivity index (χ3v) is 5.53. The van der Waals surface area contributed by atoms with Gasteiger partial charge in [-0.2, -0.15) is 4.98 Å². The maximum Gasteiger partial charge on any atom is 0.268 e. The van der Waals surface area contributed by atoms with Crippen LogP contribution in [0.4, 0.5) is 0 Å². The van der Waals surface area contributed by atoms with E-state index < -0.39 is 0 Å². The number of hydrogen-bond donors (Lipinski definition) is 0. The minimum Gasteiger partial charge on any atom is -0.340 e. The van der Waals surface area contributed by atoms with Crippen molar-refractivity contribution in [2.24, 2.45) is 11.8 Å². The van der Waals surface area contributed by atoms with Crippen LogP contribution in [0.2, 0.25) is 0 Å². The van der Waals surface area contributed by atoms with Crippen LogP contribution >= 0.6 is 11.3 Å². The van der Waals surface area contributed by atoms with Gasteiger partial charge < -0.3 is 9.42 Å². The predicted molar refractivity (Wildman–Crippen MR) is 86.7 cm³/mol. The highest BCUT2D eigenvalue weighted by Crippen LogP contribution is 2.39. The van der Waals surface area contributed by atoms with Crippen LogP contribution in [-0.2, 0) is 11.3 Å². The number of nitrogens with zero attached hydrogens (tertiary/aromatic N) is 4. The second-order valence-corrected chi connectivity index (χ2v) is 7.36. The van der Waals surface area contributed by atoms with Gasteiger partial charge >= 0.3 is 0 Å². The number of carbonyl (C=O) groups excluding carboxylic acids is 1. The quantitative estimate of drug-likeness (QED) is 0.858. The van der Waals surface area contributed by atoms with E-state index in [9.17, 15) is 4.79 Å². The molecule has 1 aliphatic heterocycles. The topological polar surface area (TPSA) is 62.5 Å². The van der Waals surface area contributed by atoms with Gasteiger partial charge in [-0.3, -0.25) is 9.69 Å². The summed E-state index contributed by atoms with van der Waals surface area (Å²) < 4.78 is 5.32. The largest absolute Gasteiger partial charge is 0.340 e. The number of amides is 1. The fraction of sp³-hybridized carbons (Fsp3) is 0.562. The Morgan fingerprint density at radius 1 is 1.39 bits per heavy atom. The van der Waals surface area contributed by atoms with Crippen molar-refractivity contribution in [2.45, 2.75) is 19.9 Å². The van der Waals surface area contributed by atoms with Crippen LogP contribution in [0.1, 0.15) is 19.2 Å². The van der Waals surface area contributed by atoms with Crippen molar-refractivity contribution in [1.29, 1.82) is 0 Å². The Morgan fingerprint density at radius 3 is 2.83 bits per heavy atom. The van der Waals surface area contributed by atoms with E-state index in [0.29, 0.717) is 30.1 Å². The zero-order valence-corrected chi connectivity index (χ0v) is 14.0. The molecule has 2 fully saturated rings. The first-order valence-corrected chi connectivity index (χ1v) is 8.96. The van der Waals surface area contributed by atoms with Gasteiger partial charge in [0.25, 0.3) is 5.89 Å². The molecule has 2 atom stereocenters. The second-order valence-electron chi connectivity index (χ2n) is 6.41. The third kappa shape index (κ3) is 3.16. The molecule has 1 saturated heterocycles. The van der Waals surface area contributed by atoms with Gasteiger partial charge in [0.05, 0.1) is 11.4 Å². The lowest BCUT2D eigenvalue weighted by Gasteiger charge is -2.34. The number of hydrogen-bond acceptors (Lipinski definition) is 6. The summed E-state index contributed by atoms with van der Waals surface area (Å²) in [7, 11) is 0. The molecule has 1 amide bonds. The zero-order valence-electron chi connectivity index (χ0n) is 13.1. The van der Waals surface area contributed by atoms with Crippen molar-refractivity contribution in [3.8, 4) is 10.8 Å². The lowest BCUT2D eigenvalue weighted by molar-refractivity contribution is -0.134. The molecule has 23 heavy (non-hydrogen) atoms. The van der Waals surface area contributed by atoms with Crippen LogP contribution in [-0.4, -0.2) is 52.0 Å². The van der Waals surface area contributed by atoms with Gasteiger partial charge in [0.15, 0.2) is 5.82 Å². The van der Waals surface area contributed by atoms with Gasteiger partial charge in [0, 0.05) is 32.1 Å². The Morgan fingerprint density at radius 2 is 2.17 bits per heavy atom. The van der Waals surface area contributed by atoms with Crippen molar-refractivity contribution >= 4 is 17.2 Å². The maximum absolute atomic E-state index is 12.2. The molecule has 4 rings (SSSR count). The van der Waals surface area contributed by atoms with Gasteiger partial charge in [0.2, 0.25) is 5.91 Å². The average molecular weight is 332 g/mol. The summed E-state index contributed by atoms with van der Waals surface area (Å²) in [6.07, 6.45) is 1.06. The summed E-state index contributed by atoms with van der Waals surface area (Å²) in [5, 5.41) is 6.06. The van der Waals surface area contributed by atoms with Crippen LogP contribution in [0.25, 0.3) is 10.8 Å². The van der Waals surface area contributed by atoms with Crippen LogP contribution < -0.4 is 0 Å². The lowest BCUT2D eigenvalue weighted by atomic mass is 10.2. The molecule has 1 aliphatic carbocycles. The number of rotatable bonds is 4. The molecule has 2 aromatic heterocycles. The molecule has 6 nitrogen and oxygen atoms in total. The molecule has 0 unspecified atom stereocenters. The molecule has 0 bridgehead atoms. The van der Waals surface area contributed by atoms with E-state index >= 15 is 0 Å². The molecule has 0 N–H and O–H groups in total. The van der Waals surface area contributed by atoms with E-state index in [-0.39, 0.29) is 5.92 Å². The van der Waals surface area contributed by atoms with E-state index in [4.69, 9.17) is 4.52 Å². The molecular formula is C16H20N4O2S. The van der Waals surface area contributed by atoms with E-state index in [2.05, 4.69) is 22.0 Å². The first-order chi connectivity index (χ1) is 11.2. The Kier molecular flexibility index (Phi) is 3.90. The number of carbonyl (C=O) groups is 1. The summed E-state index contributed by atoms with van der Waals surface area (Å²) in [6.45, 7) is 6.18. The van der Waals surface area contributed by atoms with Gasteiger partial charge in [-0.15, -0.1) is 11.3 Å². The Labute approximate surface area is 139 Å². The van der Waals surface area contributed by atoms with Gasteiger partial charge in [-0.25, -0.2) is 0 Å². The van der Waals surface area contributed by atoms with E-state index in [1.54, 1.807) is 11.3 Å². The summed E-state index contributed by atoms with van der Waals surface area (Å²) in [4.78, 5) is 22.0.